The molecule has 0 unspecified atom stereocenters. The predicted octanol–water partition coefficient (Wildman–Crippen LogP) is 2.76. The number of amides is 1. The average Bonchev–Trinajstić information content (AvgIpc) is 2.68. The van der Waals surface area contributed by atoms with E-state index in [0.717, 1.165) is 6.20 Å². The highest BCUT2D eigenvalue weighted by molar-refractivity contribution is 6.06. The number of rotatable bonds is 7. The minimum absolute atomic E-state index is 0.0495. The van der Waals surface area contributed by atoms with Crippen LogP contribution in [-0.2, 0) is 4.79 Å². The lowest BCUT2D eigenvalue weighted by molar-refractivity contribution is -0.384. The lowest BCUT2D eigenvalue weighted by atomic mass is 10.2. The summed E-state index contributed by atoms with van der Waals surface area (Å²) in [6.45, 7) is 0. The van der Waals surface area contributed by atoms with Gasteiger partial charge in [-0.3, -0.25) is 14.9 Å². The predicted molar refractivity (Wildman–Crippen MR) is 99.0 cm³/mol. The van der Waals surface area contributed by atoms with Gasteiger partial charge >= 0.3 is 5.97 Å². The van der Waals surface area contributed by atoms with Gasteiger partial charge in [-0.05, 0) is 30.3 Å². The van der Waals surface area contributed by atoms with Gasteiger partial charge in [-0.25, -0.2) is 4.79 Å². The minimum Gasteiger partial charge on any atom is -0.495 e. The first-order valence-electron chi connectivity index (χ1n) is 7.69. The molecule has 2 aromatic rings. The molecule has 0 aliphatic heterocycles. The van der Waals surface area contributed by atoms with Gasteiger partial charge in [-0.15, -0.1) is 0 Å². The van der Waals surface area contributed by atoms with Crippen LogP contribution in [0.4, 0.5) is 17.1 Å². The topological polar surface area (TPSA) is 155 Å². The van der Waals surface area contributed by atoms with Crippen LogP contribution < -0.4 is 15.4 Å². The zero-order valence-electron chi connectivity index (χ0n) is 14.5. The summed E-state index contributed by atoms with van der Waals surface area (Å²) in [5.74, 6) is -1.57. The molecular weight excluding hydrogens is 368 g/mol. The quantitative estimate of drug-likeness (QED) is 0.286. The highest BCUT2D eigenvalue weighted by Gasteiger charge is 2.13. The lowest BCUT2D eigenvalue weighted by Gasteiger charge is -2.09. The van der Waals surface area contributed by atoms with Crippen LogP contribution in [0.2, 0.25) is 0 Å². The third-order valence-corrected chi connectivity index (χ3v) is 3.52. The van der Waals surface area contributed by atoms with Crippen molar-refractivity contribution in [2.75, 3.05) is 17.7 Å². The number of aromatic carboxylic acids is 1. The molecule has 28 heavy (non-hydrogen) atoms. The highest BCUT2D eigenvalue weighted by atomic mass is 16.6. The summed E-state index contributed by atoms with van der Waals surface area (Å²) in [5, 5.41) is 34.1. The molecule has 0 fully saturated rings. The molecule has 0 heterocycles. The molecule has 142 valence electrons. The average molecular weight is 382 g/mol. The molecule has 2 rings (SSSR count). The monoisotopic (exact) mass is 382 g/mol. The van der Waals surface area contributed by atoms with Crippen molar-refractivity contribution >= 4 is 28.9 Å². The van der Waals surface area contributed by atoms with E-state index >= 15 is 0 Å². The Kier molecular flexibility index (Phi) is 6.27. The number of anilines is 2. The number of carbonyl (C=O) groups excluding carboxylic acids is 1. The first-order valence-corrected chi connectivity index (χ1v) is 7.69. The Morgan fingerprint density at radius 3 is 2.46 bits per heavy atom. The van der Waals surface area contributed by atoms with Gasteiger partial charge in [-0.1, -0.05) is 0 Å². The molecule has 10 nitrogen and oxygen atoms in total. The fraction of sp³-hybridized carbons (Fsp3) is 0.0556. The molecular formula is C18H14N4O6. The second-order valence-corrected chi connectivity index (χ2v) is 5.29. The van der Waals surface area contributed by atoms with Crippen LogP contribution in [0.5, 0.6) is 5.75 Å². The molecule has 0 aromatic heterocycles. The summed E-state index contributed by atoms with van der Waals surface area (Å²) >= 11 is 0. The number of hydrogen-bond donors (Lipinski definition) is 3. The molecule has 0 saturated carbocycles. The first-order chi connectivity index (χ1) is 13.3. The van der Waals surface area contributed by atoms with Gasteiger partial charge in [0.2, 0.25) is 0 Å². The molecule has 0 atom stereocenters. The molecule has 10 heteroatoms. The van der Waals surface area contributed by atoms with E-state index in [1.54, 1.807) is 6.07 Å². The second kappa shape index (κ2) is 8.81. The van der Waals surface area contributed by atoms with Crippen LogP contribution in [0.3, 0.4) is 0 Å². The van der Waals surface area contributed by atoms with E-state index in [0.29, 0.717) is 5.69 Å². The van der Waals surface area contributed by atoms with Crippen molar-refractivity contribution in [1.29, 1.82) is 5.26 Å². The molecule has 0 aliphatic rings. The maximum atomic E-state index is 12.2. The lowest BCUT2D eigenvalue weighted by Crippen LogP contribution is -2.14. The molecule has 2 aromatic carbocycles. The summed E-state index contributed by atoms with van der Waals surface area (Å²) in [7, 11) is 1.37. The van der Waals surface area contributed by atoms with Crippen LogP contribution in [0, 0.1) is 21.4 Å². The van der Waals surface area contributed by atoms with Crippen molar-refractivity contribution < 1.29 is 24.4 Å². The Hall–Kier alpha value is -4.39. The number of carboxylic acids is 1. The van der Waals surface area contributed by atoms with Gasteiger partial charge in [-0.2, -0.15) is 5.26 Å². The third kappa shape index (κ3) is 4.83. The number of hydrogen-bond acceptors (Lipinski definition) is 7. The van der Waals surface area contributed by atoms with Gasteiger partial charge in [0.05, 0.1) is 23.3 Å². The largest absolute Gasteiger partial charge is 0.495 e. The number of carboxylic acid groups (broad SMARTS) is 1. The fourth-order valence-electron chi connectivity index (χ4n) is 2.12. The van der Waals surface area contributed by atoms with Gasteiger partial charge in [0, 0.05) is 24.0 Å². The van der Waals surface area contributed by atoms with E-state index in [2.05, 4.69) is 10.6 Å². The Morgan fingerprint density at radius 1 is 1.25 bits per heavy atom. The highest BCUT2D eigenvalue weighted by Crippen LogP contribution is 2.29. The van der Waals surface area contributed by atoms with Crippen molar-refractivity contribution in [1.82, 2.24) is 0 Å². The van der Waals surface area contributed by atoms with Crippen molar-refractivity contribution in [3.8, 4) is 11.8 Å². The van der Waals surface area contributed by atoms with E-state index in [-0.39, 0.29) is 28.3 Å². The number of methoxy groups -OCH3 is 1. The summed E-state index contributed by atoms with van der Waals surface area (Å²) in [6.07, 6.45) is 1.09. The molecule has 3 N–H and O–H groups in total. The van der Waals surface area contributed by atoms with Crippen LogP contribution in [0.15, 0.2) is 54.2 Å². The maximum Gasteiger partial charge on any atom is 0.335 e. The smallest absolute Gasteiger partial charge is 0.335 e. The molecule has 1 amide bonds. The van der Waals surface area contributed by atoms with Crippen LogP contribution in [0.1, 0.15) is 10.4 Å². The number of nitro groups is 1. The number of non-ortho nitro benzene ring substituents is 1. The normalized spacial score (nSPS) is 10.5. The van der Waals surface area contributed by atoms with Crippen LogP contribution >= 0.6 is 0 Å². The summed E-state index contributed by atoms with van der Waals surface area (Å²) in [5.41, 5.74) is 0.0367. The Labute approximate surface area is 158 Å². The number of nitrogens with one attached hydrogen (secondary N) is 2. The number of carbonyl (C=O) groups is 2. The van der Waals surface area contributed by atoms with E-state index < -0.39 is 16.8 Å². The zero-order valence-corrected chi connectivity index (χ0v) is 14.5. The van der Waals surface area contributed by atoms with E-state index in [4.69, 9.17) is 9.84 Å². The first kappa shape index (κ1) is 19.9. The van der Waals surface area contributed by atoms with E-state index in [9.17, 15) is 25.0 Å². The fourth-order valence-corrected chi connectivity index (χ4v) is 2.12. The third-order valence-electron chi connectivity index (χ3n) is 3.52. The standard InChI is InChI=1S/C18H14N4O6/c1-28-16-7-6-14(22(26)27)8-15(16)20-10-12(9-19)17(23)21-13-4-2-11(3-5-13)18(24)25/h2-8,10,20H,1H3,(H,21,23)(H,24,25)/b12-10-. The van der Waals surface area contributed by atoms with Crippen LogP contribution in [-0.4, -0.2) is 29.0 Å². The van der Waals surface area contributed by atoms with Gasteiger partial charge in [0.15, 0.2) is 0 Å². The number of nitrogens with zero attached hydrogens (tertiary/aromatic N) is 2. The van der Waals surface area contributed by atoms with Crippen molar-refractivity contribution in [3.63, 3.8) is 0 Å². The number of benzene rings is 2. The molecule has 0 radical (unpaired) electrons. The summed E-state index contributed by atoms with van der Waals surface area (Å²) in [4.78, 5) is 33.3. The van der Waals surface area contributed by atoms with Gasteiger partial charge in [0.1, 0.15) is 17.4 Å². The van der Waals surface area contributed by atoms with Crippen molar-refractivity contribution in [3.05, 3.63) is 69.9 Å². The van der Waals surface area contributed by atoms with Crippen molar-refractivity contribution in [2.24, 2.45) is 0 Å². The Morgan fingerprint density at radius 2 is 1.93 bits per heavy atom. The summed E-state index contributed by atoms with van der Waals surface area (Å²) in [6, 6.07) is 10.9. The SMILES string of the molecule is COc1ccc([N+](=O)[O-])cc1N/C=C(/C#N)C(=O)Nc1ccc(C(=O)O)cc1. The number of nitro benzene ring substituents is 1. The molecule has 0 bridgehead atoms. The van der Waals surface area contributed by atoms with Crippen LogP contribution in [0.25, 0.3) is 0 Å². The van der Waals surface area contributed by atoms with Gasteiger partial charge in [0.25, 0.3) is 11.6 Å². The molecule has 0 saturated heterocycles. The Balaban J connectivity index is 2.18. The Bertz CT molecular complexity index is 992. The van der Waals surface area contributed by atoms with E-state index in [1.807, 2.05) is 0 Å². The molecule has 0 spiro atoms. The summed E-state index contributed by atoms with van der Waals surface area (Å²) < 4.78 is 5.09. The number of nitriles is 1. The zero-order chi connectivity index (χ0) is 20.7. The number of ether oxygens (including phenoxy) is 1. The van der Waals surface area contributed by atoms with Crippen molar-refractivity contribution in [2.45, 2.75) is 0 Å². The van der Waals surface area contributed by atoms with Gasteiger partial charge < -0.3 is 20.5 Å². The van der Waals surface area contributed by atoms with E-state index in [1.165, 1.54) is 49.6 Å². The second-order valence-electron chi connectivity index (χ2n) is 5.29. The maximum absolute atomic E-state index is 12.2. The molecule has 0 aliphatic carbocycles. The minimum atomic E-state index is -1.11.